The SMILES string of the molecule is COCc1ccccc1CNC(=O)c1sc(-c2ccc(C)cc2C)nc1C. The van der Waals surface area contributed by atoms with Crippen molar-refractivity contribution >= 4 is 17.2 Å². The molecule has 0 saturated heterocycles. The third-order valence-corrected chi connectivity index (χ3v) is 5.66. The first kappa shape index (κ1) is 19.3. The highest BCUT2D eigenvalue weighted by atomic mass is 32.1. The van der Waals surface area contributed by atoms with Crippen molar-refractivity contribution in [2.45, 2.75) is 33.9 Å². The van der Waals surface area contributed by atoms with Gasteiger partial charge >= 0.3 is 0 Å². The van der Waals surface area contributed by atoms with Gasteiger partial charge in [0.05, 0.1) is 12.3 Å². The molecule has 0 spiro atoms. The summed E-state index contributed by atoms with van der Waals surface area (Å²) >= 11 is 1.44. The van der Waals surface area contributed by atoms with Crippen LogP contribution in [0.4, 0.5) is 0 Å². The summed E-state index contributed by atoms with van der Waals surface area (Å²) in [7, 11) is 1.67. The summed E-state index contributed by atoms with van der Waals surface area (Å²) in [4.78, 5) is 18.0. The van der Waals surface area contributed by atoms with Gasteiger partial charge in [0.1, 0.15) is 9.88 Å². The van der Waals surface area contributed by atoms with Crippen molar-refractivity contribution in [1.82, 2.24) is 10.3 Å². The largest absolute Gasteiger partial charge is 0.380 e. The molecule has 0 unspecified atom stereocenters. The van der Waals surface area contributed by atoms with Gasteiger partial charge in [-0.2, -0.15) is 0 Å². The van der Waals surface area contributed by atoms with Crippen molar-refractivity contribution in [3.8, 4) is 10.6 Å². The van der Waals surface area contributed by atoms with Crippen LogP contribution in [-0.4, -0.2) is 18.0 Å². The number of aryl methyl sites for hydroxylation is 3. The van der Waals surface area contributed by atoms with Crippen molar-refractivity contribution in [2.24, 2.45) is 0 Å². The van der Waals surface area contributed by atoms with E-state index in [9.17, 15) is 4.79 Å². The zero-order valence-corrected chi connectivity index (χ0v) is 16.9. The van der Waals surface area contributed by atoms with E-state index in [1.54, 1.807) is 7.11 Å². The Morgan fingerprint density at radius 3 is 2.56 bits per heavy atom. The molecule has 0 atom stereocenters. The lowest BCUT2D eigenvalue weighted by Crippen LogP contribution is -2.23. The first-order chi connectivity index (χ1) is 13.0. The Morgan fingerprint density at radius 1 is 1.11 bits per heavy atom. The molecule has 3 aromatic rings. The van der Waals surface area contributed by atoms with Gasteiger partial charge in [0.15, 0.2) is 0 Å². The molecule has 0 radical (unpaired) electrons. The second-order valence-corrected chi connectivity index (χ2v) is 7.64. The third-order valence-electron chi connectivity index (χ3n) is 4.47. The Balaban J connectivity index is 1.77. The zero-order valence-electron chi connectivity index (χ0n) is 16.1. The number of nitrogens with zero attached hydrogens (tertiary/aromatic N) is 1. The van der Waals surface area contributed by atoms with E-state index in [1.165, 1.54) is 22.5 Å². The van der Waals surface area contributed by atoms with Gasteiger partial charge in [0.25, 0.3) is 5.91 Å². The topological polar surface area (TPSA) is 51.2 Å². The number of ether oxygens (including phenoxy) is 1. The third kappa shape index (κ3) is 4.43. The number of rotatable bonds is 6. The second kappa shape index (κ2) is 8.46. The summed E-state index contributed by atoms with van der Waals surface area (Å²) in [5, 5.41) is 3.90. The minimum Gasteiger partial charge on any atom is -0.380 e. The molecule has 3 rings (SSSR count). The average Bonchev–Trinajstić information content (AvgIpc) is 3.02. The van der Waals surface area contributed by atoms with Crippen molar-refractivity contribution in [1.29, 1.82) is 0 Å². The van der Waals surface area contributed by atoms with E-state index in [4.69, 9.17) is 4.74 Å². The molecule has 140 valence electrons. The minimum atomic E-state index is -0.0896. The highest BCUT2D eigenvalue weighted by molar-refractivity contribution is 7.17. The second-order valence-electron chi connectivity index (χ2n) is 6.64. The number of methoxy groups -OCH3 is 1. The normalized spacial score (nSPS) is 10.8. The molecule has 0 fully saturated rings. The maximum Gasteiger partial charge on any atom is 0.263 e. The number of benzene rings is 2. The van der Waals surface area contributed by atoms with Crippen molar-refractivity contribution < 1.29 is 9.53 Å². The number of hydrogen-bond acceptors (Lipinski definition) is 4. The molecule has 1 amide bonds. The highest BCUT2D eigenvalue weighted by Gasteiger charge is 2.17. The molecule has 4 nitrogen and oxygen atoms in total. The van der Waals surface area contributed by atoms with Gasteiger partial charge in [-0.3, -0.25) is 4.79 Å². The van der Waals surface area contributed by atoms with Gasteiger partial charge in [-0.25, -0.2) is 4.98 Å². The highest BCUT2D eigenvalue weighted by Crippen LogP contribution is 2.30. The monoisotopic (exact) mass is 380 g/mol. The lowest BCUT2D eigenvalue weighted by atomic mass is 10.1. The molecule has 0 saturated carbocycles. The van der Waals surface area contributed by atoms with Crippen LogP contribution in [0, 0.1) is 20.8 Å². The molecule has 0 aliphatic carbocycles. The van der Waals surface area contributed by atoms with Crippen molar-refractivity contribution in [3.05, 3.63) is 75.3 Å². The molecule has 2 aromatic carbocycles. The number of carbonyl (C=O) groups is 1. The van der Waals surface area contributed by atoms with Crippen molar-refractivity contribution in [2.75, 3.05) is 7.11 Å². The molecule has 1 heterocycles. The molecule has 1 N–H and O–H groups in total. The number of amides is 1. The average molecular weight is 381 g/mol. The van der Waals surface area contributed by atoms with Crippen LogP contribution < -0.4 is 5.32 Å². The Bertz CT molecular complexity index is 963. The van der Waals surface area contributed by atoms with E-state index in [0.29, 0.717) is 18.0 Å². The summed E-state index contributed by atoms with van der Waals surface area (Å²) in [5.74, 6) is -0.0896. The quantitative estimate of drug-likeness (QED) is 0.667. The Hall–Kier alpha value is -2.50. The van der Waals surface area contributed by atoms with Gasteiger partial charge < -0.3 is 10.1 Å². The predicted molar refractivity (Wildman–Crippen MR) is 110 cm³/mol. The molecule has 1 aromatic heterocycles. The van der Waals surface area contributed by atoms with E-state index >= 15 is 0 Å². The van der Waals surface area contributed by atoms with Crippen LogP contribution in [-0.2, 0) is 17.9 Å². The van der Waals surface area contributed by atoms with E-state index in [-0.39, 0.29) is 5.91 Å². The summed E-state index contributed by atoms with van der Waals surface area (Å²) < 4.78 is 5.23. The van der Waals surface area contributed by atoms with Crippen LogP contribution in [0.5, 0.6) is 0 Å². The first-order valence-corrected chi connectivity index (χ1v) is 9.70. The summed E-state index contributed by atoms with van der Waals surface area (Å²) in [6, 6.07) is 14.3. The fraction of sp³-hybridized carbons (Fsp3) is 0.273. The standard InChI is InChI=1S/C22H24N2O2S/c1-14-9-10-19(15(2)11-14)22-24-16(3)20(27-22)21(25)23-12-17-7-5-6-8-18(17)13-26-4/h5-11H,12-13H2,1-4H3,(H,23,25). The molecular weight excluding hydrogens is 356 g/mol. The fourth-order valence-corrected chi connectivity index (χ4v) is 4.13. The minimum absolute atomic E-state index is 0.0896. The molecule has 0 bridgehead atoms. The smallest absolute Gasteiger partial charge is 0.263 e. The van der Waals surface area contributed by atoms with Crippen LogP contribution in [0.3, 0.4) is 0 Å². The number of hydrogen-bond donors (Lipinski definition) is 1. The van der Waals surface area contributed by atoms with Crippen LogP contribution in [0.1, 0.15) is 37.6 Å². The molecule has 0 aliphatic rings. The number of carbonyl (C=O) groups excluding carboxylic acids is 1. The summed E-state index contributed by atoms with van der Waals surface area (Å²) in [5.41, 5.74) is 6.37. The van der Waals surface area contributed by atoms with Crippen LogP contribution in [0.2, 0.25) is 0 Å². The van der Waals surface area contributed by atoms with Crippen molar-refractivity contribution in [3.63, 3.8) is 0 Å². The number of aromatic nitrogens is 1. The maximum absolute atomic E-state index is 12.7. The van der Waals surface area contributed by atoms with E-state index in [0.717, 1.165) is 27.4 Å². The summed E-state index contributed by atoms with van der Waals surface area (Å²) in [6.07, 6.45) is 0. The van der Waals surface area contributed by atoms with Gasteiger partial charge in [0.2, 0.25) is 0 Å². The lowest BCUT2D eigenvalue weighted by Gasteiger charge is -2.09. The first-order valence-electron chi connectivity index (χ1n) is 8.88. The fourth-order valence-electron chi connectivity index (χ4n) is 3.06. The number of nitrogens with one attached hydrogen (secondary N) is 1. The lowest BCUT2D eigenvalue weighted by molar-refractivity contribution is 0.0953. The molecule has 0 aliphatic heterocycles. The van der Waals surface area contributed by atoms with Gasteiger partial charge in [0, 0.05) is 19.2 Å². The molecule has 27 heavy (non-hydrogen) atoms. The number of thiazole rings is 1. The van der Waals surface area contributed by atoms with E-state index in [1.807, 2.05) is 31.2 Å². The maximum atomic E-state index is 12.7. The van der Waals surface area contributed by atoms with Gasteiger partial charge in [-0.15, -0.1) is 11.3 Å². The van der Waals surface area contributed by atoms with E-state index < -0.39 is 0 Å². The Labute approximate surface area is 164 Å². The Kier molecular flexibility index (Phi) is 6.04. The zero-order chi connectivity index (χ0) is 19.4. The van der Waals surface area contributed by atoms with Gasteiger partial charge in [-0.05, 0) is 37.5 Å². The van der Waals surface area contributed by atoms with E-state index in [2.05, 4.69) is 42.3 Å². The predicted octanol–water partition coefficient (Wildman–Crippen LogP) is 4.81. The summed E-state index contributed by atoms with van der Waals surface area (Å²) in [6.45, 7) is 7.03. The van der Waals surface area contributed by atoms with Crippen LogP contribution in [0.15, 0.2) is 42.5 Å². The molecule has 5 heteroatoms. The molecular formula is C22H24N2O2S. The van der Waals surface area contributed by atoms with Crippen LogP contribution in [0.25, 0.3) is 10.6 Å². The van der Waals surface area contributed by atoms with Gasteiger partial charge in [-0.1, -0.05) is 48.0 Å². The Morgan fingerprint density at radius 2 is 1.85 bits per heavy atom. The van der Waals surface area contributed by atoms with Crippen LogP contribution >= 0.6 is 11.3 Å².